The molecule has 3 aliphatic carbocycles. The summed E-state index contributed by atoms with van der Waals surface area (Å²) in [7, 11) is 0. The van der Waals surface area contributed by atoms with E-state index < -0.39 is 0 Å². The molecule has 5 aromatic rings. The first kappa shape index (κ1) is 23.0. The molecule has 0 heteroatoms. The molecule has 190 valence electrons. The smallest absolute Gasteiger partial charge is 0.0622 e. The Labute approximate surface area is 232 Å². The van der Waals surface area contributed by atoms with Gasteiger partial charge in [-0.2, -0.15) is 0 Å². The third-order valence-electron chi connectivity index (χ3n) is 10.0. The molecule has 0 N–H and O–H groups in total. The van der Waals surface area contributed by atoms with E-state index in [-0.39, 0.29) is 10.8 Å². The van der Waals surface area contributed by atoms with E-state index in [1.165, 1.54) is 87.7 Å². The van der Waals surface area contributed by atoms with Gasteiger partial charge in [0.05, 0.1) is 5.41 Å². The van der Waals surface area contributed by atoms with E-state index in [1.807, 2.05) is 0 Å². The first-order chi connectivity index (χ1) is 19.1. The minimum absolute atomic E-state index is 0.152. The fourth-order valence-electron chi connectivity index (χ4n) is 8.39. The molecule has 0 bridgehead atoms. The van der Waals surface area contributed by atoms with E-state index in [0.717, 1.165) is 0 Å². The van der Waals surface area contributed by atoms with Gasteiger partial charge in [0.25, 0.3) is 0 Å². The van der Waals surface area contributed by atoms with Gasteiger partial charge in [-0.1, -0.05) is 127 Å². The molecule has 0 amide bonds. The Morgan fingerprint density at radius 3 is 1.51 bits per heavy atom. The monoisotopic (exact) mass is 502 g/mol. The van der Waals surface area contributed by atoms with Crippen molar-refractivity contribution in [3.63, 3.8) is 0 Å². The molecule has 0 radical (unpaired) electrons. The highest BCUT2D eigenvalue weighted by Gasteiger charge is 2.50. The Bertz CT molecular complexity index is 1690. The van der Waals surface area contributed by atoms with Crippen molar-refractivity contribution in [2.75, 3.05) is 0 Å². The maximum absolute atomic E-state index is 2.63. The first-order valence-electron chi connectivity index (χ1n) is 14.7. The second kappa shape index (κ2) is 8.30. The van der Waals surface area contributed by atoms with E-state index in [0.29, 0.717) is 0 Å². The van der Waals surface area contributed by atoms with Crippen LogP contribution in [-0.2, 0) is 10.8 Å². The van der Waals surface area contributed by atoms with E-state index in [1.54, 1.807) is 11.1 Å². The molecule has 0 aromatic heterocycles. The molecular formula is C39H34. The molecule has 3 aliphatic rings. The van der Waals surface area contributed by atoms with Crippen LogP contribution in [0, 0.1) is 13.8 Å². The molecule has 0 saturated heterocycles. The number of aryl methyl sites for hydroxylation is 2. The zero-order valence-electron chi connectivity index (χ0n) is 22.9. The minimum Gasteiger partial charge on any atom is -0.0622 e. The van der Waals surface area contributed by atoms with Crippen molar-refractivity contribution in [1.29, 1.82) is 0 Å². The van der Waals surface area contributed by atoms with Crippen LogP contribution in [-0.4, -0.2) is 0 Å². The lowest BCUT2D eigenvalue weighted by Crippen LogP contribution is -2.29. The summed E-state index contributed by atoms with van der Waals surface area (Å²) in [6.45, 7) is 4.49. The molecule has 39 heavy (non-hydrogen) atoms. The molecular weight excluding hydrogens is 468 g/mol. The molecule has 0 unspecified atom stereocenters. The summed E-state index contributed by atoms with van der Waals surface area (Å²) in [5.41, 5.74) is 16.9. The highest BCUT2D eigenvalue weighted by Crippen LogP contribution is 2.62. The summed E-state index contributed by atoms with van der Waals surface area (Å²) >= 11 is 0. The number of fused-ring (bicyclic) bond motifs is 8. The standard InChI is InChI=1S/C39H34/c1-26-16-18-30-32-25-37-33(24-35(32)38(34(30)22-26)20-10-5-11-21-38)31-19-17-27(2)23-36(31)39(37,28-12-6-3-7-13-28)29-14-8-4-9-15-29/h3-4,6-9,12-19,22-25H,5,10-11,20-21H2,1-2H3. The molecule has 0 nitrogen and oxygen atoms in total. The van der Waals surface area contributed by atoms with Gasteiger partial charge in [-0.15, -0.1) is 0 Å². The average Bonchev–Trinajstić information content (AvgIpc) is 3.40. The lowest BCUT2D eigenvalue weighted by atomic mass is 9.66. The summed E-state index contributed by atoms with van der Waals surface area (Å²) in [5.74, 6) is 0. The van der Waals surface area contributed by atoms with Crippen LogP contribution >= 0.6 is 0 Å². The van der Waals surface area contributed by atoms with Gasteiger partial charge in [-0.05, 0) is 94.5 Å². The first-order valence-corrected chi connectivity index (χ1v) is 14.7. The van der Waals surface area contributed by atoms with Crippen molar-refractivity contribution in [2.45, 2.75) is 56.8 Å². The van der Waals surface area contributed by atoms with Crippen molar-refractivity contribution in [2.24, 2.45) is 0 Å². The molecule has 1 spiro atoms. The number of rotatable bonds is 2. The van der Waals surface area contributed by atoms with Gasteiger partial charge in [0.1, 0.15) is 0 Å². The number of hydrogen-bond acceptors (Lipinski definition) is 0. The predicted octanol–water partition coefficient (Wildman–Crippen LogP) is 9.90. The van der Waals surface area contributed by atoms with Crippen LogP contribution in [0.3, 0.4) is 0 Å². The van der Waals surface area contributed by atoms with E-state index in [2.05, 4.69) is 123 Å². The zero-order chi connectivity index (χ0) is 26.2. The van der Waals surface area contributed by atoms with Gasteiger partial charge >= 0.3 is 0 Å². The summed E-state index contributed by atoms with van der Waals surface area (Å²) in [4.78, 5) is 0. The van der Waals surface area contributed by atoms with Crippen molar-refractivity contribution in [3.05, 3.63) is 154 Å². The second-order valence-corrected chi connectivity index (χ2v) is 12.2. The Morgan fingerprint density at radius 1 is 0.436 bits per heavy atom. The molecule has 8 rings (SSSR count). The van der Waals surface area contributed by atoms with Crippen LogP contribution in [0.1, 0.15) is 76.6 Å². The van der Waals surface area contributed by atoms with Crippen LogP contribution in [0.2, 0.25) is 0 Å². The van der Waals surface area contributed by atoms with Crippen molar-refractivity contribution in [1.82, 2.24) is 0 Å². The van der Waals surface area contributed by atoms with Crippen molar-refractivity contribution in [3.8, 4) is 22.3 Å². The minimum atomic E-state index is -0.346. The summed E-state index contributed by atoms with van der Waals surface area (Å²) in [6.07, 6.45) is 6.52. The number of hydrogen-bond donors (Lipinski definition) is 0. The predicted molar refractivity (Wildman–Crippen MR) is 163 cm³/mol. The van der Waals surface area contributed by atoms with Crippen LogP contribution < -0.4 is 0 Å². The van der Waals surface area contributed by atoms with Crippen LogP contribution in [0.15, 0.2) is 109 Å². The van der Waals surface area contributed by atoms with E-state index in [4.69, 9.17) is 0 Å². The SMILES string of the molecule is Cc1ccc2c(c1)C1(CCCCC1)c1cc3c(cc1-2)C(c1ccccc1)(c1ccccc1)c1cc(C)ccc1-3. The molecule has 5 aromatic carbocycles. The van der Waals surface area contributed by atoms with Gasteiger partial charge in [0.2, 0.25) is 0 Å². The van der Waals surface area contributed by atoms with Gasteiger partial charge in [0.15, 0.2) is 0 Å². The summed E-state index contributed by atoms with van der Waals surface area (Å²) in [5, 5.41) is 0. The third-order valence-corrected chi connectivity index (χ3v) is 10.0. The Kier molecular flexibility index (Phi) is 4.90. The molecule has 1 saturated carbocycles. The van der Waals surface area contributed by atoms with Gasteiger partial charge in [-0.25, -0.2) is 0 Å². The maximum Gasteiger partial charge on any atom is 0.0713 e. The van der Waals surface area contributed by atoms with Crippen LogP contribution in [0.5, 0.6) is 0 Å². The Morgan fingerprint density at radius 2 is 0.897 bits per heavy atom. The fourth-order valence-corrected chi connectivity index (χ4v) is 8.39. The number of benzene rings is 5. The largest absolute Gasteiger partial charge is 0.0713 e. The van der Waals surface area contributed by atoms with Crippen molar-refractivity contribution >= 4 is 0 Å². The molecule has 1 fully saturated rings. The summed E-state index contributed by atoms with van der Waals surface area (Å²) in [6, 6.07) is 42.1. The maximum atomic E-state index is 2.63. The van der Waals surface area contributed by atoms with E-state index >= 15 is 0 Å². The topological polar surface area (TPSA) is 0 Å². The Balaban J connectivity index is 1.52. The molecule has 0 atom stereocenters. The van der Waals surface area contributed by atoms with Gasteiger partial charge in [-0.3, -0.25) is 0 Å². The van der Waals surface area contributed by atoms with Crippen LogP contribution in [0.25, 0.3) is 22.3 Å². The highest BCUT2D eigenvalue weighted by atomic mass is 14.5. The van der Waals surface area contributed by atoms with Gasteiger partial charge < -0.3 is 0 Å². The molecule has 0 aliphatic heterocycles. The highest BCUT2D eigenvalue weighted by molar-refractivity contribution is 5.92. The van der Waals surface area contributed by atoms with Crippen LogP contribution in [0.4, 0.5) is 0 Å². The lowest BCUT2D eigenvalue weighted by Gasteiger charge is -2.37. The zero-order valence-corrected chi connectivity index (χ0v) is 22.9. The fraction of sp³-hybridized carbons (Fsp3) is 0.231. The summed E-state index contributed by atoms with van der Waals surface area (Å²) < 4.78 is 0. The van der Waals surface area contributed by atoms with E-state index in [9.17, 15) is 0 Å². The quantitative estimate of drug-likeness (QED) is 0.221. The Hall–Kier alpha value is -3.90. The average molecular weight is 503 g/mol. The normalized spacial score (nSPS) is 17.4. The van der Waals surface area contributed by atoms with Gasteiger partial charge in [0, 0.05) is 5.41 Å². The van der Waals surface area contributed by atoms with Crippen molar-refractivity contribution < 1.29 is 0 Å². The lowest BCUT2D eigenvalue weighted by molar-refractivity contribution is 0.353. The molecule has 0 heterocycles. The second-order valence-electron chi connectivity index (χ2n) is 12.2. The third kappa shape index (κ3) is 3.01.